The van der Waals surface area contributed by atoms with Gasteiger partial charge in [-0.25, -0.2) is 4.98 Å². The number of hydrogen-bond acceptors (Lipinski definition) is 5. The van der Waals surface area contributed by atoms with Crippen LogP contribution in [0.2, 0.25) is 0 Å². The van der Waals surface area contributed by atoms with Crippen molar-refractivity contribution in [2.75, 3.05) is 43.4 Å². The summed E-state index contributed by atoms with van der Waals surface area (Å²) in [5.41, 5.74) is 3.92. The molecule has 4 rings (SSSR count). The van der Waals surface area contributed by atoms with Gasteiger partial charge < -0.3 is 19.5 Å². The molecule has 1 aliphatic heterocycles. The average molecular weight is 350 g/mol. The van der Waals surface area contributed by atoms with Gasteiger partial charge in [0.15, 0.2) is 11.5 Å². The van der Waals surface area contributed by atoms with Gasteiger partial charge in [0.2, 0.25) is 0 Å². The van der Waals surface area contributed by atoms with E-state index in [0.29, 0.717) is 22.6 Å². The predicted octanol–water partition coefficient (Wildman–Crippen LogP) is 3.14. The van der Waals surface area contributed by atoms with Gasteiger partial charge in [-0.1, -0.05) is 0 Å². The Kier molecular flexibility index (Phi) is 4.34. The summed E-state index contributed by atoms with van der Waals surface area (Å²) < 4.78 is 5.45. The van der Waals surface area contributed by atoms with Crippen LogP contribution in [0.15, 0.2) is 46.9 Å². The summed E-state index contributed by atoms with van der Waals surface area (Å²) >= 11 is 0. The van der Waals surface area contributed by atoms with Gasteiger partial charge in [-0.3, -0.25) is 4.79 Å². The number of aromatic nitrogens is 1. The molecular weight excluding hydrogens is 328 g/mol. The van der Waals surface area contributed by atoms with Crippen molar-refractivity contribution in [1.82, 2.24) is 9.88 Å². The van der Waals surface area contributed by atoms with Crippen molar-refractivity contribution >= 4 is 28.4 Å². The molecular formula is C20H22N4O2. The number of carbonyl (C=O) groups excluding carboxylic acids is 1. The highest BCUT2D eigenvalue weighted by atomic mass is 16.3. The number of anilines is 2. The smallest absolute Gasteiger partial charge is 0.255 e. The maximum atomic E-state index is 12.5. The summed E-state index contributed by atoms with van der Waals surface area (Å²) in [6, 6.07) is 13.3. The van der Waals surface area contributed by atoms with Crippen LogP contribution in [-0.2, 0) is 0 Å². The second kappa shape index (κ2) is 6.80. The molecule has 6 heteroatoms. The fourth-order valence-corrected chi connectivity index (χ4v) is 3.21. The van der Waals surface area contributed by atoms with Crippen LogP contribution in [0.3, 0.4) is 0 Å². The molecule has 1 aliphatic rings. The topological polar surface area (TPSA) is 61.6 Å². The van der Waals surface area contributed by atoms with E-state index in [2.05, 4.69) is 39.3 Å². The maximum absolute atomic E-state index is 12.5. The molecule has 2 heterocycles. The minimum Gasteiger partial charge on any atom is -0.441 e. The van der Waals surface area contributed by atoms with Crippen LogP contribution in [-0.4, -0.2) is 49.0 Å². The number of likely N-dealkylation sites (N-methyl/N-ethyl adjacent to an activating group) is 1. The highest BCUT2D eigenvalue weighted by Gasteiger charge is 2.14. The molecule has 0 radical (unpaired) electrons. The monoisotopic (exact) mass is 350 g/mol. The van der Waals surface area contributed by atoms with Crippen molar-refractivity contribution in [3.63, 3.8) is 0 Å². The number of rotatable bonds is 3. The highest BCUT2D eigenvalue weighted by Crippen LogP contribution is 2.21. The van der Waals surface area contributed by atoms with Crippen LogP contribution in [0.4, 0.5) is 11.4 Å². The Morgan fingerprint density at radius 2 is 1.81 bits per heavy atom. The van der Waals surface area contributed by atoms with Gasteiger partial charge in [0.05, 0.1) is 0 Å². The lowest BCUT2D eigenvalue weighted by atomic mass is 10.2. The molecule has 0 atom stereocenters. The fourth-order valence-electron chi connectivity index (χ4n) is 3.21. The molecule has 1 aromatic heterocycles. The number of nitrogens with zero attached hydrogens (tertiary/aromatic N) is 3. The standard InChI is InChI=1S/C20H22N4O2/c1-14-21-18-13-15(3-8-19(18)26-14)20(25)22-16-4-6-17(7-5-16)24-11-9-23(2)10-12-24/h3-8,13H,9-12H2,1-2H3,(H,22,25). The Bertz CT molecular complexity index is 925. The Labute approximate surface area is 152 Å². The number of aryl methyl sites for hydroxylation is 1. The lowest BCUT2D eigenvalue weighted by Gasteiger charge is -2.34. The largest absolute Gasteiger partial charge is 0.441 e. The third-order valence-electron chi connectivity index (χ3n) is 4.75. The molecule has 1 amide bonds. The number of hydrogen-bond donors (Lipinski definition) is 1. The van der Waals surface area contributed by atoms with Gasteiger partial charge in [-0.15, -0.1) is 0 Å². The highest BCUT2D eigenvalue weighted by molar-refractivity contribution is 6.05. The Balaban J connectivity index is 1.45. The molecule has 2 aromatic carbocycles. The number of fused-ring (bicyclic) bond motifs is 1. The fraction of sp³-hybridized carbons (Fsp3) is 0.300. The number of benzene rings is 2. The SMILES string of the molecule is Cc1nc2cc(C(=O)Nc3ccc(N4CCN(C)CC4)cc3)ccc2o1. The summed E-state index contributed by atoms with van der Waals surface area (Å²) in [5.74, 6) is 0.442. The van der Waals surface area contributed by atoms with Gasteiger partial charge in [-0.05, 0) is 49.5 Å². The summed E-state index contributed by atoms with van der Waals surface area (Å²) in [7, 11) is 2.15. The van der Waals surface area contributed by atoms with E-state index in [-0.39, 0.29) is 5.91 Å². The molecule has 134 valence electrons. The Hall–Kier alpha value is -2.86. The van der Waals surface area contributed by atoms with Crippen molar-refractivity contribution in [2.24, 2.45) is 0 Å². The van der Waals surface area contributed by atoms with Crippen LogP contribution < -0.4 is 10.2 Å². The number of nitrogens with one attached hydrogen (secondary N) is 1. The first-order chi connectivity index (χ1) is 12.6. The minimum absolute atomic E-state index is 0.153. The molecule has 1 saturated heterocycles. The zero-order valence-electron chi connectivity index (χ0n) is 15.0. The molecule has 6 nitrogen and oxygen atoms in total. The molecule has 1 fully saturated rings. The molecule has 26 heavy (non-hydrogen) atoms. The summed E-state index contributed by atoms with van der Waals surface area (Å²) in [4.78, 5) is 21.5. The summed E-state index contributed by atoms with van der Waals surface area (Å²) in [6.07, 6.45) is 0. The lowest BCUT2D eigenvalue weighted by Crippen LogP contribution is -2.44. The van der Waals surface area contributed by atoms with Crippen molar-refractivity contribution in [3.05, 3.63) is 53.9 Å². The van der Waals surface area contributed by atoms with E-state index in [1.165, 1.54) is 5.69 Å². The van der Waals surface area contributed by atoms with Crippen LogP contribution in [0.25, 0.3) is 11.1 Å². The van der Waals surface area contributed by atoms with Gasteiger partial charge in [0.25, 0.3) is 5.91 Å². The van der Waals surface area contributed by atoms with Crippen LogP contribution >= 0.6 is 0 Å². The Morgan fingerprint density at radius 3 is 2.54 bits per heavy atom. The summed E-state index contributed by atoms with van der Waals surface area (Å²) in [6.45, 7) is 5.99. The van der Waals surface area contributed by atoms with Crippen molar-refractivity contribution in [2.45, 2.75) is 6.92 Å². The van der Waals surface area contributed by atoms with Gasteiger partial charge in [-0.2, -0.15) is 0 Å². The van der Waals surface area contributed by atoms with Crippen LogP contribution in [0, 0.1) is 6.92 Å². The molecule has 0 bridgehead atoms. The van der Waals surface area contributed by atoms with Crippen molar-refractivity contribution < 1.29 is 9.21 Å². The maximum Gasteiger partial charge on any atom is 0.255 e. The number of carbonyl (C=O) groups is 1. The first kappa shape index (κ1) is 16.6. The van der Waals surface area contributed by atoms with E-state index < -0.39 is 0 Å². The third-order valence-corrected chi connectivity index (χ3v) is 4.75. The van der Waals surface area contributed by atoms with Gasteiger partial charge in [0.1, 0.15) is 5.52 Å². The van der Waals surface area contributed by atoms with E-state index in [1.807, 2.05) is 12.1 Å². The number of oxazole rings is 1. The molecule has 0 saturated carbocycles. The first-order valence-corrected chi connectivity index (χ1v) is 8.80. The normalized spacial score (nSPS) is 15.4. The van der Waals surface area contributed by atoms with Crippen molar-refractivity contribution in [1.29, 1.82) is 0 Å². The zero-order valence-corrected chi connectivity index (χ0v) is 15.0. The molecule has 0 unspecified atom stereocenters. The second-order valence-corrected chi connectivity index (χ2v) is 6.71. The zero-order chi connectivity index (χ0) is 18.1. The number of amides is 1. The third kappa shape index (κ3) is 3.41. The summed E-state index contributed by atoms with van der Waals surface area (Å²) in [5, 5.41) is 2.94. The Morgan fingerprint density at radius 1 is 1.08 bits per heavy atom. The van der Waals surface area contributed by atoms with Crippen molar-refractivity contribution in [3.8, 4) is 0 Å². The van der Waals surface area contributed by atoms with E-state index in [4.69, 9.17) is 4.42 Å². The van der Waals surface area contributed by atoms with Gasteiger partial charge in [0, 0.05) is 50.0 Å². The van der Waals surface area contributed by atoms with Crippen LogP contribution in [0.5, 0.6) is 0 Å². The van der Waals surface area contributed by atoms with E-state index in [1.54, 1.807) is 25.1 Å². The van der Waals surface area contributed by atoms with E-state index in [9.17, 15) is 4.79 Å². The number of piperazine rings is 1. The van der Waals surface area contributed by atoms with E-state index in [0.717, 1.165) is 31.9 Å². The molecule has 1 N–H and O–H groups in total. The molecule has 3 aromatic rings. The minimum atomic E-state index is -0.153. The first-order valence-electron chi connectivity index (χ1n) is 8.80. The van der Waals surface area contributed by atoms with Crippen LogP contribution in [0.1, 0.15) is 16.2 Å². The lowest BCUT2D eigenvalue weighted by molar-refractivity contribution is 0.102. The molecule has 0 aliphatic carbocycles. The van der Waals surface area contributed by atoms with Gasteiger partial charge >= 0.3 is 0 Å². The van der Waals surface area contributed by atoms with E-state index >= 15 is 0 Å². The second-order valence-electron chi connectivity index (χ2n) is 6.71. The quantitative estimate of drug-likeness (QED) is 0.786. The molecule has 0 spiro atoms. The average Bonchev–Trinajstić information content (AvgIpc) is 3.02. The predicted molar refractivity (Wildman–Crippen MR) is 103 cm³/mol.